The van der Waals surface area contributed by atoms with E-state index in [4.69, 9.17) is 5.73 Å². The first kappa shape index (κ1) is 13.9. The van der Waals surface area contributed by atoms with Gasteiger partial charge in [-0.05, 0) is 57.0 Å². The smallest absolute Gasteiger partial charge is 0.0283 e. The number of likely N-dealkylation sites (tertiary alicyclic amines) is 1. The van der Waals surface area contributed by atoms with Gasteiger partial charge in [0.2, 0.25) is 0 Å². The van der Waals surface area contributed by atoms with E-state index in [0.29, 0.717) is 0 Å². The Morgan fingerprint density at radius 1 is 0.684 bits per heavy atom. The second kappa shape index (κ2) is 5.73. The maximum Gasteiger partial charge on any atom is 0.0283 e. The molecule has 1 spiro atoms. The van der Waals surface area contributed by atoms with E-state index in [-0.39, 0.29) is 5.54 Å². The van der Waals surface area contributed by atoms with Crippen molar-refractivity contribution in [1.29, 1.82) is 0 Å². The molecule has 0 aromatic rings. The van der Waals surface area contributed by atoms with Gasteiger partial charge in [0.05, 0.1) is 0 Å². The van der Waals surface area contributed by atoms with Crippen LogP contribution in [0.25, 0.3) is 0 Å². The van der Waals surface area contributed by atoms with Crippen molar-refractivity contribution < 1.29 is 0 Å². The van der Waals surface area contributed by atoms with Gasteiger partial charge in [-0.1, -0.05) is 38.5 Å². The molecule has 2 N–H and O–H groups in total. The maximum atomic E-state index is 6.62. The van der Waals surface area contributed by atoms with E-state index in [1.54, 1.807) is 0 Å². The van der Waals surface area contributed by atoms with E-state index in [2.05, 4.69) is 4.90 Å². The summed E-state index contributed by atoms with van der Waals surface area (Å²) in [6.07, 6.45) is 17.0. The molecule has 110 valence electrons. The third-order valence-electron chi connectivity index (χ3n) is 6.22. The summed E-state index contributed by atoms with van der Waals surface area (Å²) in [4.78, 5) is 2.69. The third-order valence-corrected chi connectivity index (χ3v) is 6.22. The maximum absolute atomic E-state index is 6.62. The van der Waals surface area contributed by atoms with Crippen LogP contribution in [0, 0.1) is 5.41 Å². The van der Waals surface area contributed by atoms with Crippen molar-refractivity contribution in [3.8, 4) is 0 Å². The highest BCUT2D eigenvalue weighted by atomic mass is 15.2. The molecule has 0 amide bonds. The Kier molecular flexibility index (Phi) is 4.19. The van der Waals surface area contributed by atoms with E-state index in [1.165, 1.54) is 96.7 Å². The highest BCUT2D eigenvalue weighted by Gasteiger charge is 2.37. The molecule has 0 bridgehead atoms. The predicted octanol–water partition coefficient (Wildman–Crippen LogP) is 3.69. The van der Waals surface area contributed by atoms with Crippen LogP contribution in [0.15, 0.2) is 0 Å². The van der Waals surface area contributed by atoms with Crippen molar-refractivity contribution in [2.75, 3.05) is 19.6 Å². The van der Waals surface area contributed by atoms with Crippen LogP contribution in [0.2, 0.25) is 0 Å². The van der Waals surface area contributed by atoms with Crippen molar-refractivity contribution in [2.24, 2.45) is 11.1 Å². The molecule has 2 nitrogen and oxygen atoms in total. The Labute approximate surface area is 119 Å². The summed E-state index contributed by atoms with van der Waals surface area (Å²) in [5.41, 5.74) is 7.51. The van der Waals surface area contributed by atoms with Gasteiger partial charge in [0.1, 0.15) is 0 Å². The molecule has 1 aliphatic heterocycles. The molecule has 2 aliphatic carbocycles. The van der Waals surface area contributed by atoms with Crippen molar-refractivity contribution in [1.82, 2.24) is 4.90 Å². The molecule has 0 atom stereocenters. The zero-order valence-corrected chi connectivity index (χ0v) is 12.6. The van der Waals surface area contributed by atoms with E-state index in [0.717, 1.165) is 5.41 Å². The van der Waals surface area contributed by atoms with Gasteiger partial charge < -0.3 is 10.6 Å². The SMILES string of the molecule is NC1(CN2CCC3(CCCCC3)CC2)CCCCC1. The minimum absolute atomic E-state index is 0.148. The second-order valence-corrected chi connectivity index (χ2v) is 7.76. The normalized spacial score (nSPS) is 31.4. The van der Waals surface area contributed by atoms with Crippen LogP contribution in [0.4, 0.5) is 0 Å². The topological polar surface area (TPSA) is 29.3 Å². The monoisotopic (exact) mass is 264 g/mol. The summed E-state index contributed by atoms with van der Waals surface area (Å²) in [5.74, 6) is 0. The fraction of sp³-hybridized carbons (Fsp3) is 1.00. The average Bonchev–Trinajstić information content (AvgIpc) is 2.43. The van der Waals surface area contributed by atoms with Gasteiger partial charge in [-0.15, -0.1) is 0 Å². The number of hydrogen-bond acceptors (Lipinski definition) is 2. The number of nitrogens with two attached hydrogens (primary N) is 1. The van der Waals surface area contributed by atoms with E-state index in [9.17, 15) is 0 Å². The Morgan fingerprint density at radius 3 is 1.79 bits per heavy atom. The van der Waals surface area contributed by atoms with Crippen LogP contribution >= 0.6 is 0 Å². The fourth-order valence-electron chi connectivity index (χ4n) is 4.85. The van der Waals surface area contributed by atoms with Crippen molar-refractivity contribution in [3.05, 3.63) is 0 Å². The van der Waals surface area contributed by atoms with Crippen LogP contribution in [-0.2, 0) is 0 Å². The summed E-state index contributed by atoms with van der Waals surface area (Å²) in [5, 5.41) is 0. The highest BCUT2D eigenvalue weighted by molar-refractivity contribution is 4.94. The van der Waals surface area contributed by atoms with Gasteiger partial charge in [-0.2, -0.15) is 0 Å². The molecule has 3 rings (SSSR count). The first-order valence-electron chi connectivity index (χ1n) is 8.71. The number of hydrogen-bond donors (Lipinski definition) is 1. The van der Waals surface area contributed by atoms with E-state index in [1.807, 2.05) is 0 Å². The molecule has 19 heavy (non-hydrogen) atoms. The summed E-state index contributed by atoms with van der Waals surface area (Å²) in [6.45, 7) is 3.81. The molecular formula is C17H32N2. The van der Waals surface area contributed by atoms with Crippen molar-refractivity contribution in [3.63, 3.8) is 0 Å². The summed E-state index contributed by atoms with van der Waals surface area (Å²) >= 11 is 0. The van der Waals surface area contributed by atoms with Crippen molar-refractivity contribution in [2.45, 2.75) is 82.6 Å². The molecule has 2 saturated carbocycles. The predicted molar refractivity (Wildman–Crippen MR) is 81.2 cm³/mol. The molecule has 0 unspecified atom stereocenters. The van der Waals surface area contributed by atoms with E-state index < -0.39 is 0 Å². The van der Waals surface area contributed by atoms with E-state index >= 15 is 0 Å². The summed E-state index contributed by atoms with van der Waals surface area (Å²) in [6, 6.07) is 0. The zero-order chi connectivity index (χ0) is 13.2. The molecule has 3 aliphatic rings. The zero-order valence-electron chi connectivity index (χ0n) is 12.6. The molecule has 0 radical (unpaired) electrons. The number of piperidine rings is 1. The lowest BCUT2D eigenvalue weighted by molar-refractivity contribution is 0.0508. The molecule has 0 aromatic carbocycles. The Balaban J connectivity index is 1.49. The molecule has 1 heterocycles. The molecule has 2 heteroatoms. The standard InChI is InChI=1S/C17H32N2/c18-17(9-5-2-6-10-17)15-19-13-11-16(12-14-19)7-3-1-4-8-16/h1-15,18H2. The average molecular weight is 264 g/mol. The van der Waals surface area contributed by atoms with Crippen LogP contribution < -0.4 is 5.73 Å². The number of nitrogens with zero attached hydrogens (tertiary/aromatic N) is 1. The highest BCUT2D eigenvalue weighted by Crippen LogP contribution is 2.44. The molecule has 1 saturated heterocycles. The van der Waals surface area contributed by atoms with Crippen LogP contribution in [-0.4, -0.2) is 30.1 Å². The Hall–Kier alpha value is -0.0800. The Bertz CT molecular complexity index is 278. The lowest BCUT2D eigenvalue weighted by Gasteiger charge is -2.47. The second-order valence-electron chi connectivity index (χ2n) is 7.76. The largest absolute Gasteiger partial charge is 0.324 e. The molecule has 3 fully saturated rings. The minimum atomic E-state index is 0.148. The van der Waals surface area contributed by atoms with Crippen LogP contribution in [0.5, 0.6) is 0 Å². The first-order valence-corrected chi connectivity index (χ1v) is 8.71. The van der Waals surface area contributed by atoms with Crippen LogP contribution in [0.1, 0.15) is 77.0 Å². The third kappa shape index (κ3) is 3.33. The number of rotatable bonds is 2. The van der Waals surface area contributed by atoms with Gasteiger partial charge in [0, 0.05) is 12.1 Å². The minimum Gasteiger partial charge on any atom is -0.324 e. The van der Waals surface area contributed by atoms with Gasteiger partial charge in [0.25, 0.3) is 0 Å². The van der Waals surface area contributed by atoms with Gasteiger partial charge in [0.15, 0.2) is 0 Å². The van der Waals surface area contributed by atoms with Gasteiger partial charge in [-0.3, -0.25) is 0 Å². The Morgan fingerprint density at radius 2 is 1.21 bits per heavy atom. The van der Waals surface area contributed by atoms with Crippen LogP contribution in [0.3, 0.4) is 0 Å². The molecular weight excluding hydrogens is 232 g/mol. The molecule has 0 aromatic heterocycles. The van der Waals surface area contributed by atoms with Gasteiger partial charge in [-0.25, -0.2) is 0 Å². The lowest BCUT2D eigenvalue weighted by atomic mass is 9.68. The fourth-order valence-corrected chi connectivity index (χ4v) is 4.85. The quantitative estimate of drug-likeness (QED) is 0.824. The summed E-state index contributed by atoms with van der Waals surface area (Å²) in [7, 11) is 0. The summed E-state index contributed by atoms with van der Waals surface area (Å²) < 4.78 is 0. The lowest BCUT2D eigenvalue weighted by Crippen LogP contribution is -2.54. The first-order chi connectivity index (χ1) is 9.20. The van der Waals surface area contributed by atoms with Gasteiger partial charge >= 0.3 is 0 Å². The van der Waals surface area contributed by atoms with Crippen molar-refractivity contribution >= 4 is 0 Å².